The summed E-state index contributed by atoms with van der Waals surface area (Å²) in [5.74, 6) is 1.80. The summed E-state index contributed by atoms with van der Waals surface area (Å²) in [6.45, 7) is 0. The van der Waals surface area contributed by atoms with E-state index in [1.807, 2.05) is 72.8 Å². The Hall–Kier alpha value is -6.65. The Kier molecular flexibility index (Phi) is 7.10. The average Bonchev–Trinajstić information content (AvgIpc) is 3.58. The fraction of sp³-hybridized carbons (Fsp3) is 0. The molecule has 2 heterocycles. The Labute approximate surface area is 284 Å². The molecule has 4 heteroatoms. The molecular weight excluding hydrogens is 599 g/mol. The van der Waals surface area contributed by atoms with Crippen LogP contribution in [0.25, 0.3) is 89.5 Å². The molecule has 0 spiro atoms. The highest BCUT2D eigenvalue weighted by molar-refractivity contribution is 6.17. The van der Waals surface area contributed by atoms with Gasteiger partial charge in [-0.25, -0.2) is 15.0 Å². The number of hydrogen-bond donors (Lipinski definition) is 0. The summed E-state index contributed by atoms with van der Waals surface area (Å²) < 4.78 is 6.46. The molecule has 0 saturated carbocycles. The first-order valence-electron chi connectivity index (χ1n) is 16.4. The molecule has 0 saturated heterocycles. The molecule has 0 fully saturated rings. The van der Waals surface area contributed by atoms with Crippen LogP contribution in [0.3, 0.4) is 0 Å². The van der Waals surface area contributed by atoms with Crippen molar-refractivity contribution in [1.82, 2.24) is 15.0 Å². The van der Waals surface area contributed by atoms with E-state index in [-0.39, 0.29) is 0 Å². The smallest absolute Gasteiger partial charge is 0.164 e. The second-order valence-electron chi connectivity index (χ2n) is 12.0. The zero-order chi connectivity index (χ0) is 32.6. The van der Waals surface area contributed by atoms with Gasteiger partial charge in [-0.15, -0.1) is 0 Å². The number of benzene rings is 7. The third-order valence-electron chi connectivity index (χ3n) is 8.92. The minimum atomic E-state index is 0.589. The van der Waals surface area contributed by atoms with Crippen molar-refractivity contribution >= 4 is 21.9 Å². The van der Waals surface area contributed by atoms with Crippen LogP contribution in [0.4, 0.5) is 0 Å². The maximum atomic E-state index is 6.46. The molecule has 0 N–H and O–H groups in total. The first-order valence-corrected chi connectivity index (χ1v) is 16.4. The third-order valence-corrected chi connectivity index (χ3v) is 8.92. The summed E-state index contributed by atoms with van der Waals surface area (Å²) in [4.78, 5) is 15.5. The van der Waals surface area contributed by atoms with Crippen molar-refractivity contribution in [2.45, 2.75) is 0 Å². The summed E-state index contributed by atoms with van der Waals surface area (Å²) in [7, 11) is 0. The zero-order valence-electron chi connectivity index (χ0n) is 26.5. The predicted molar refractivity (Wildman–Crippen MR) is 200 cm³/mol. The fourth-order valence-electron chi connectivity index (χ4n) is 6.60. The predicted octanol–water partition coefficient (Wildman–Crippen LogP) is 11.8. The monoisotopic (exact) mass is 627 g/mol. The molecule has 9 aromatic rings. The molecule has 0 amide bonds. The van der Waals surface area contributed by atoms with Gasteiger partial charge in [-0.1, -0.05) is 146 Å². The van der Waals surface area contributed by atoms with E-state index in [1.165, 1.54) is 0 Å². The van der Waals surface area contributed by atoms with Crippen LogP contribution in [0.1, 0.15) is 0 Å². The van der Waals surface area contributed by atoms with Gasteiger partial charge in [-0.2, -0.15) is 0 Å². The van der Waals surface area contributed by atoms with Crippen LogP contribution in [0.5, 0.6) is 0 Å². The van der Waals surface area contributed by atoms with E-state index < -0.39 is 0 Å². The maximum absolute atomic E-state index is 6.46. The van der Waals surface area contributed by atoms with E-state index in [0.29, 0.717) is 17.5 Å². The van der Waals surface area contributed by atoms with Crippen molar-refractivity contribution in [1.29, 1.82) is 0 Å². The number of rotatable bonds is 6. The molecule has 0 atom stereocenters. The van der Waals surface area contributed by atoms with Gasteiger partial charge in [0.2, 0.25) is 0 Å². The van der Waals surface area contributed by atoms with Gasteiger partial charge < -0.3 is 4.42 Å². The molecule has 230 valence electrons. The van der Waals surface area contributed by atoms with Crippen LogP contribution >= 0.6 is 0 Å². The number of aromatic nitrogens is 3. The Morgan fingerprint density at radius 2 is 0.694 bits per heavy atom. The first kappa shape index (κ1) is 28.6. The Bertz CT molecular complexity index is 2520. The Balaban J connectivity index is 1.32. The minimum Gasteiger partial charge on any atom is -0.456 e. The molecule has 0 aliphatic heterocycles. The van der Waals surface area contributed by atoms with Crippen molar-refractivity contribution < 1.29 is 4.42 Å². The second-order valence-corrected chi connectivity index (χ2v) is 12.0. The molecule has 0 aliphatic rings. The van der Waals surface area contributed by atoms with Gasteiger partial charge >= 0.3 is 0 Å². The van der Waals surface area contributed by atoms with Crippen molar-refractivity contribution in [2.24, 2.45) is 0 Å². The quantitative estimate of drug-likeness (QED) is 0.184. The lowest BCUT2D eigenvalue weighted by Gasteiger charge is -2.13. The van der Waals surface area contributed by atoms with Crippen LogP contribution in [0, 0.1) is 0 Å². The van der Waals surface area contributed by atoms with Crippen molar-refractivity contribution in [2.75, 3.05) is 0 Å². The van der Waals surface area contributed by atoms with Crippen molar-refractivity contribution in [3.05, 3.63) is 176 Å². The van der Waals surface area contributed by atoms with E-state index in [0.717, 1.165) is 72.0 Å². The van der Waals surface area contributed by atoms with Crippen molar-refractivity contribution in [3.8, 4) is 67.5 Å². The van der Waals surface area contributed by atoms with Gasteiger partial charge in [0.05, 0.1) is 0 Å². The van der Waals surface area contributed by atoms with Gasteiger partial charge in [-0.05, 0) is 63.7 Å². The maximum Gasteiger partial charge on any atom is 0.164 e. The largest absolute Gasteiger partial charge is 0.456 e. The third kappa shape index (κ3) is 5.35. The van der Waals surface area contributed by atoms with E-state index in [2.05, 4.69) is 103 Å². The highest BCUT2D eigenvalue weighted by Gasteiger charge is 2.20. The van der Waals surface area contributed by atoms with Gasteiger partial charge in [0.1, 0.15) is 11.2 Å². The summed E-state index contributed by atoms with van der Waals surface area (Å²) in [5, 5.41) is 2.02. The molecular formula is C45H29N3O. The lowest BCUT2D eigenvalue weighted by Crippen LogP contribution is -2.01. The normalized spacial score (nSPS) is 11.3. The van der Waals surface area contributed by atoms with E-state index in [1.54, 1.807) is 0 Å². The average molecular weight is 628 g/mol. The molecule has 7 aromatic carbocycles. The van der Waals surface area contributed by atoms with Gasteiger partial charge in [-0.3, -0.25) is 0 Å². The molecule has 0 aliphatic carbocycles. The summed E-state index contributed by atoms with van der Waals surface area (Å²) in [6.07, 6.45) is 0. The number of furan rings is 1. The number of nitrogens with zero attached hydrogens (tertiary/aromatic N) is 3. The molecule has 49 heavy (non-hydrogen) atoms. The Morgan fingerprint density at radius 1 is 0.286 bits per heavy atom. The molecule has 2 aromatic heterocycles. The van der Waals surface area contributed by atoms with Crippen LogP contribution in [-0.2, 0) is 0 Å². The van der Waals surface area contributed by atoms with Crippen LogP contribution < -0.4 is 0 Å². The standard InChI is InChI=1S/C45H29N3O/c1-5-15-30(16-6-1)34-27-35(31-17-7-2-8-18-31)29-36(28-34)44-46-43(33-21-11-4-12-22-33)47-45(48-44)38-24-14-26-40-42(38)41-37(23-13-25-39(41)49-40)32-19-9-3-10-20-32/h1-29H. The second kappa shape index (κ2) is 12.2. The van der Waals surface area contributed by atoms with E-state index in [9.17, 15) is 0 Å². The topological polar surface area (TPSA) is 51.8 Å². The van der Waals surface area contributed by atoms with Crippen LogP contribution in [-0.4, -0.2) is 15.0 Å². The van der Waals surface area contributed by atoms with E-state index >= 15 is 0 Å². The lowest BCUT2D eigenvalue weighted by atomic mass is 9.95. The lowest BCUT2D eigenvalue weighted by molar-refractivity contribution is 0.669. The number of fused-ring (bicyclic) bond motifs is 3. The molecule has 0 unspecified atom stereocenters. The van der Waals surface area contributed by atoms with Gasteiger partial charge in [0.15, 0.2) is 17.5 Å². The SMILES string of the molecule is c1ccc(-c2cc(-c3ccccc3)cc(-c3nc(-c4ccccc4)nc(-c4cccc5oc6cccc(-c7ccccc7)c6c45)n3)c2)cc1. The highest BCUT2D eigenvalue weighted by atomic mass is 16.3. The zero-order valence-corrected chi connectivity index (χ0v) is 26.5. The molecule has 4 nitrogen and oxygen atoms in total. The Morgan fingerprint density at radius 3 is 1.24 bits per heavy atom. The minimum absolute atomic E-state index is 0.589. The van der Waals surface area contributed by atoms with Crippen molar-refractivity contribution in [3.63, 3.8) is 0 Å². The molecule has 0 bridgehead atoms. The molecule has 0 radical (unpaired) electrons. The first-order chi connectivity index (χ1) is 24.3. The van der Waals surface area contributed by atoms with Gasteiger partial charge in [0, 0.05) is 27.5 Å². The van der Waals surface area contributed by atoms with Crippen LogP contribution in [0.2, 0.25) is 0 Å². The number of hydrogen-bond acceptors (Lipinski definition) is 4. The van der Waals surface area contributed by atoms with Crippen LogP contribution in [0.15, 0.2) is 180 Å². The fourth-order valence-corrected chi connectivity index (χ4v) is 6.60. The summed E-state index contributed by atoms with van der Waals surface area (Å²) >= 11 is 0. The molecule has 9 rings (SSSR count). The van der Waals surface area contributed by atoms with E-state index in [4.69, 9.17) is 19.4 Å². The summed E-state index contributed by atoms with van der Waals surface area (Å²) in [5.41, 5.74) is 11.0. The summed E-state index contributed by atoms with van der Waals surface area (Å²) in [6, 6.07) is 60.4. The van der Waals surface area contributed by atoms with Gasteiger partial charge in [0.25, 0.3) is 0 Å². The highest BCUT2D eigenvalue weighted by Crippen LogP contribution is 2.41.